The molecule has 1 aliphatic heterocycles. The van der Waals surface area contributed by atoms with E-state index in [4.69, 9.17) is 9.26 Å². The average molecular weight is 450 g/mol. The van der Waals surface area contributed by atoms with Crippen LogP contribution in [0.3, 0.4) is 0 Å². The molecule has 4 aromatic rings. The third-order valence-electron chi connectivity index (χ3n) is 5.74. The van der Waals surface area contributed by atoms with Crippen molar-refractivity contribution in [2.24, 2.45) is 14.1 Å². The first-order chi connectivity index (χ1) is 15.8. The van der Waals surface area contributed by atoms with Crippen molar-refractivity contribution in [3.8, 4) is 17.1 Å². The van der Waals surface area contributed by atoms with Gasteiger partial charge in [0.05, 0.1) is 12.9 Å². The molecular formula is C22H22N6O5. The molecule has 0 aliphatic carbocycles. The second-order valence-corrected chi connectivity index (χ2v) is 8.16. The summed E-state index contributed by atoms with van der Waals surface area (Å²) < 4.78 is 14.9. The molecular weight excluding hydrogens is 428 g/mol. The van der Waals surface area contributed by atoms with Crippen molar-refractivity contribution >= 4 is 17.1 Å². The second-order valence-electron chi connectivity index (χ2n) is 8.16. The number of hydrogen-bond donors (Lipinski definition) is 1. The zero-order valence-corrected chi connectivity index (χ0v) is 18.4. The standard InChI is InChI=1S/C22H22N6O5/c1-12-6-13-4-5-14(7-16(13)32-12)17-8-15(25-33-17)9-23-18(29)10-28-11-24-20-19(28)21(30)27(3)22(31)26(20)2/h4-5,7-8,11-12H,6,9-10H2,1-3H3,(H,23,29). The van der Waals surface area contributed by atoms with Crippen molar-refractivity contribution in [1.82, 2.24) is 29.2 Å². The van der Waals surface area contributed by atoms with E-state index in [-0.39, 0.29) is 36.3 Å². The number of ether oxygens (including phenoxy) is 1. The summed E-state index contributed by atoms with van der Waals surface area (Å²) in [6.45, 7) is 2.05. The Kier molecular flexibility index (Phi) is 4.88. The molecule has 11 heteroatoms. The number of rotatable bonds is 5. The van der Waals surface area contributed by atoms with Crippen LogP contribution in [0.25, 0.3) is 22.5 Å². The maximum absolute atomic E-state index is 12.5. The number of imidazole rings is 1. The first kappa shape index (κ1) is 20.7. The van der Waals surface area contributed by atoms with E-state index in [0.29, 0.717) is 11.5 Å². The largest absolute Gasteiger partial charge is 0.490 e. The number of benzene rings is 1. The molecule has 5 rings (SSSR count). The number of amides is 1. The molecule has 4 heterocycles. The monoisotopic (exact) mass is 450 g/mol. The van der Waals surface area contributed by atoms with Crippen LogP contribution >= 0.6 is 0 Å². The molecule has 1 aromatic carbocycles. The molecule has 11 nitrogen and oxygen atoms in total. The molecule has 170 valence electrons. The number of nitrogens with one attached hydrogen (secondary N) is 1. The Morgan fingerprint density at radius 2 is 2.03 bits per heavy atom. The van der Waals surface area contributed by atoms with Gasteiger partial charge in [0.2, 0.25) is 5.91 Å². The van der Waals surface area contributed by atoms with Gasteiger partial charge in [-0.1, -0.05) is 17.3 Å². The number of hydrogen-bond acceptors (Lipinski definition) is 7. The normalized spacial score (nSPS) is 14.9. The maximum atomic E-state index is 12.5. The van der Waals surface area contributed by atoms with Crippen LogP contribution in [0.1, 0.15) is 18.2 Å². The van der Waals surface area contributed by atoms with Gasteiger partial charge in [0.25, 0.3) is 5.56 Å². The van der Waals surface area contributed by atoms with Crippen LogP contribution in [0.2, 0.25) is 0 Å². The maximum Gasteiger partial charge on any atom is 0.332 e. The molecule has 33 heavy (non-hydrogen) atoms. The Bertz CT molecular complexity index is 1510. The first-order valence-electron chi connectivity index (χ1n) is 10.4. The lowest BCUT2D eigenvalue weighted by molar-refractivity contribution is -0.121. The zero-order chi connectivity index (χ0) is 23.3. The molecule has 0 fully saturated rings. The first-order valence-corrected chi connectivity index (χ1v) is 10.4. The van der Waals surface area contributed by atoms with Gasteiger partial charge in [-0.25, -0.2) is 9.78 Å². The van der Waals surface area contributed by atoms with Gasteiger partial charge in [0.15, 0.2) is 16.9 Å². The van der Waals surface area contributed by atoms with Crippen LogP contribution in [0, 0.1) is 0 Å². The molecule has 1 aliphatic rings. The quantitative estimate of drug-likeness (QED) is 0.475. The van der Waals surface area contributed by atoms with Crippen molar-refractivity contribution < 1.29 is 14.1 Å². The summed E-state index contributed by atoms with van der Waals surface area (Å²) in [5, 5.41) is 6.79. The molecule has 0 bridgehead atoms. The smallest absolute Gasteiger partial charge is 0.332 e. The van der Waals surface area contributed by atoms with Crippen molar-refractivity contribution in [2.45, 2.75) is 32.5 Å². The highest BCUT2D eigenvalue weighted by Crippen LogP contribution is 2.33. The third-order valence-corrected chi connectivity index (χ3v) is 5.74. The van der Waals surface area contributed by atoms with Crippen LogP contribution in [0.15, 0.2) is 44.7 Å². The summed E-state index contributed by atoms with van der Waals surface area (Å²) in [6.07, 6.45) is 2.42. The summed E-state index contributed by atoms with van der Waals surface area (Å²) in [5.41, 5.74) is 2.00. The molecule has 0 spiro atoms. The van der Waals surface area contributed by atoms with Crippen molar-refractivity contribution in [3.05, 3.63) is 62.7 Å². The number of nitrogens with zero attached hydrogens (tertiary/aromatic N) is 5. The van der Waals surface area contributed by atoms with Gasteiger partial charge in [-0.2, -0.15) is 0 Å². The lowest BCUT2D eigenvalue weighted by Crippen LogP contribution is -2.38. The minimum Gasteiger partial charge on any atom is -0.490 e. The fourth-order valence-electron chi connectivity index (χ4n) is 4.00. The minimum absolute atomic E-state index is 0.130. The lowest BCUT2D eigenvalue weighted by atomic mass is 10.1. The summed E-state index contributed by atoms with van der Waals surface area (Å²) >= 11 is 0. The highest BCUT2D eigenvalue weighted by atomic mass is 16.5. The molecule has 1 atom stereocenters. The predicted octanol–water partition coefficient (Wildman–Crippen LogP) is 0.728. The topological polar surface area (TPSA) is 126 Å². The van der Waals surface area contributed by atoms with Crippen LogP contribution in [-0.4, -0.2) is 35.9 Å². The average Bonchev–Trinajstić information content (AvgIpc) is 3.52. The molecule has 1 N–H and O–H groups in total. The second kappa shape index (κ2) is 7.76. The Labute approximate surface area is 187 Å². The fraction of sp³-hybridized carbons (Fsp3) is 0.318. The Morgan fingerprint density at radius 1 is 1.21 bits per heavy atom. The zero-order valence-electron chi connectivity index (χ0n) is 18.4. The summed E-state index contributed by atoms with van der Waals surface area (Å²) in [4.78, 5) is 41.2. The van der Waals surface area contributed by atoms with E-state index in [2.05, 4.69) is 15.5 Å². The van der Waals surface area contributed by atoms with Gasteiger partial charge in [-0.15, -0.1) is 0 Å². The van der Waals surface area contributed by atoms with E-state index in [1.54, 1.807) is 6.07 Å². The Balaban J connectivity index is 1.28. The minimum atomic E-state index is -0.507. The number of aryl methyl sites for hydroxylation is 1. The van der Waals surface area contributed by atoms with Gasteiger partial charge >= 0.3 is 5.69 Å². The lowest BCUT2D eigenvalue weighted by Gasteiger charge is -2.07. The summed E-state index contributed by atoms with van der Waals surface area (Å²) in [5.74, 6) is 1.09. The van der Waals surface area contributed by atoms with Gasteiger partial charge in [-0.05, 0) is 18.6 Å². The van der Waals surface area contributed by atoms with Crippen molar-refractivity contribution in [2.75, 3.05) is 0 Å². The van der Waals surface area contributed by atoms with Crippen LogP contribution in [0.5, 0.6) is 5.75 Å². The summed E-state index contributed by atoms with van der Waals surface area (Å²) in [6, 6.07) is 7.67. The van der Waals surface area contributed by atoms with E-state index in [0.717, 1.165) is 22.3 Å². The van der Waals surface area contributed by atoms with E-state index < -0.39 is 11.2 Å². The van der Waals surface area contributed by atoms with Crippen LogP contribution in [-0.2, 0) is 38.4 Å². The molecule has 3 aromatic heterocycles. The predicted molar refractivity (Wildman–Crippen MR) is 118 cm³/mol. The Hall–Kier alpha value is -4.15. The molecule has 0 radical (unpaired) electrons. The van der Waals surface area contributed by atoms with Gasteiger partial charge in [0.1, 0.15) is 24.1 Å². The highest BCUT2D eigenvalue weighted by Gasteiger charge is 2.20. The van der Waals surface area contributed by atoms with Crippen molar-refractivity contribution in [3.63, 3.8) is 0 Å². The number of carbonyl (C=O) groups is 1. The van der Waals surface area contributed by atoms with Gasteiger partial charge in [-0.3, -0.25) is 18.7 Å². The van der Waals surface area contributed by atoms with E-state index in [1.165, 1.54) is 35.1 Å². The third kappa shape index (κ3) is 3.60. The molecule has 1 amide bonds. The number of fused-ring (bicyclic) bond motifs is 2. The summed E-state index contributed by atoms with van der Waals surface area (Å²) in [7, 11) is 2.91. The van der Waals surface area contributed by atoms with Gasteiger partial charge in [0, 0.05) is 32.1 Å². The Morgan fingerprint density at radius 3 is 2.85 bits per heavy atom. The molecule has 1 unspecified atom stereocenters. The van der Waals surface area contributed by atoms with E-state index in [9.17, 15) is 14.4 Å². The van der Waals surface area contributed by atoms with E-state index in [1.807, 2.05) is 25.1 Å². The van der Waals surface area contributed by atoms with Crippen LogP contribution < -0.4 is 21.3 Å². The SMILES string of the molecule is CC1Cc2ccc(-c3cc(CNC(=O)Cn4cnc5c4c(=O)n(C)c(=O)n5C)no3)cc2O1. The van der Waals surface area contributed by atoms with E-state index >= 15 is 0 Å². The highest BCUT2D eigenvalue weighted by molar-refractivity contribution is 5.78. The number of carbonyl (C=O) groups excluding carboxylic acids is 1. The van der Waals surface area contributed by atoms with Crippen LogP contribution in [0.4, 0.5) is 0 Å². The molecule has 0 saturated heterocycles. The number of aromatic nitrogens is 5. The van der Waals surface area contributed by atoms with Gasteiger partial charge < -0.3 is 19.1 Å². The van der Waals surface area contributed by atoms with Crippen molar-refractivity contribution in [1.29, 1.82) is 0 Å². The fourth-order valence-corrected chi connectivity index (χ4v) is 4.00. The molecule has 0 saturated carbocycles.